The van der Waals surface area contributed by atoms with Gasteiger partial charge in [-0.25, -0.2) is 0 Å². The van der Waals surface area contributed by atoms with Crippen LogP contribution < -0.4 is 9.47 Å². The predicted octanol–water partition coefficient (Wildman–Crippen LogP) is 2.68. The summed E-state index contributed by atoms with van der Waals surface area (Å²) < 4.78 is 15.7. The molecule has 0 unspecified atom stereocenters. The Balaban J connectivity index is 1.56. The topological polar surface area (TPSA) is 65.1 Å². The zero-order valence-corrected chi connectivity index (χ0v) is 14.7. The first-order valence-corrected chi connectivity index (χ1v) is 9.01. The molecule has 1 amide bonds. The number of hydrogen-bond donors (Lipinski definition) is 0. The Morgan fingerprint density at radius 2 is 2.08 bits per heavy atom. The van der Waals surface area contributed by atoms with Gasteiger partial charge in [-0.05, 0) is 50.3 Å². The van der Waals surface area contributed by atoms with E-state index in [1.807, 2.05) is 23.1 Å². The predicted molar refractivity (Wildman–Crippen MR) is 91.5 cm³/mol. The molecule has 1 fully saturated rings. The van der Waals surface area contributed by atoms with Crippen molar-refractivity contribution in [1.29, 1.82) is 0 Å². The molecule has 0 radical (unpaired) electrons. The molecule has 0 bridgehead atoms. The van der Waals surface area contributed by atoms with Gasteiger partial charge in [0.25, 0.3) is 0 Å². The molecular formula is C19H25NO5. The Hall–Kier alpha value is -2.24. The highest BCUT2D eigenvalue weighted by atomic mass is 16.7. The van der Waals surface area contributed by atoms with Crippen molar-refractivity contribution in [1.82, 2.24) is 4.90 Å². The highest BCUT2D eigenvalue weighted by Crippen LogP contribution is 2.33. The van der Waals surface area contributed by atoms with Crippen LogP contribution in [-0.2, 0) is 20.7 Å². The van der Waals surface area contributed by atoms with E-state index in [1.54, 1.807) is 6.92 Å². The number of aryl methyl sites for hydroxylation is 1. The molecule has 0 N–H and O–H groups in total. The van der Waals surface area contributed by atoms with Gasteiger partial charge in [0.05, 0.1) is 13.0 Å². The first-order valence-electron chi connectivity index (χ1n) is 9.01. The van der Waals surface area contributed by atoms with Gasteiger partial charge in [0.15, 0.2) is 11.5 Å². The number of hydrogen-bond acceptors (Lipinski definition) is 5. The standard InChI is InChI=1S/C19H25NO5/c1-2-23-19(22)12-15-5-3-4-10-20(15)18(21)9-7-14-6-8-16-17(11-14)25-13-24-16/h6,8,11,15H,2-5,7,9-10,12-13H2,1H3/t15-/m0/s1. The number of likely N-dealkylation sites (tertiary alicyclic amines) is 1. The van der Waals surface area contributed by atoms with Gasteiger partial charge in [0.1, 0.15) is 0 Å². The molecule has 1 aromatic rings. The Bertz CT molecular complexity index is 630. The van der Waals surface area contributed by atoms with Crippen LogP contribution >= 0.6 is 0 Å². The quantitative estimate of drug-likeness (QED) is 0.740. The molecule has 0 saturated carbocycles. The second-order valence-electron chi connectivity index (χ2n) is 6.43. The van der Waals surface area contributed by atoms with Gasteiger partial charge < -0.3 is 19.1 Å². The van der Waals surface area contributed by atoms with E-state index in [1.165, 1.54) is 0 Å². The SMILES string of the molecule is CCOC(=O)C[C@@H]1CCCCN1C(=O)CCc1ccc2c(c1)OCO2. The maximum atomic E-state index is 12.7. The molecular weight excluding hydrogens is 322 g/mol. The van der Waals surface area contributed by atoms with Crippen LogP contribution in [0.3, 0.4) is 0 Å². The summed E-state index contributed by atoms with van der Waals surface area (Å²) in [5.41, 5.74) is 1.05. The third kappa shape index (κ3) is 4.44. The van der Waals surface area contributed by atoms with Crippen molar-refractivity contribution in [3.63, 3.8) is 0 Å². The number of ether oxygens (including phenoxy) is 3. The maximum absolute atomic E-state index is 12.7. The third-order valence-corrected chi connectivity index (χ3v) is 4.72. The second kappa shape index (κ2) is 8.23. The maximum Gasteiger partial charge on any atom is 0.307 e. The van der Waals surface area contributed by atoms with Crippen LogP contribution in [0.15, 0.2) is 18.2 Å². The summed E-state index contributed by atoms with van der Waals surface area (Å²) in [6.07, 6.45) is 4.29. The monoisotopic (exact) mass is 347 g/mol. The number of piperidine rings is 1. The zero-order chi connectivity index (χ0) is 17.6. The number of amides is 1. The molecule has 136 valence electrons. The lowest BCUT2D eigenvalue weighted by Crippen LogP contribution is -2.45. The van der Waals surface area contributed by atoms with Gasteiger partial charge in [-0.2, -0.15) is 0 Å². The molecule has 3 rings (SSSR count). The number of benzene rings is 1. The van der Waals surface area contributed by atoms with Crippen LogP contribution in [0, 0.1) is 0 Å². The van der Waals surface area contributed by atoms with Crippen molar-refractivity contribution in [2.45, 2.75) is 51.5 Å². The van der Waals surface area contributed by atoms with Gasteiger partial charge in [0, 0.05) is 19.0 Å². The Kier molecular flexibility index (Phi) is 5.79. The van der Waals surface area contributed by atoms with E-state index in [2.05, 4.69) is 0 Å². The zero-order valence-electron chi connectivity index (χ0n) is 14.7. The Morgan fingerprint density at radius 3 is 2.92 bits per heavy atom. The average molecular weight is 347 g/mol. The minimum atomic E-state index is -0.219. The van der Waals surface area contributed by atoms with Gasteiger partial charge >= 0.3 is 5.97 Å². The number of rotatable bonds is 6. The van der Waals surface area contributed by atoms with Crippen molar-refractivity contribution >= 4 is 11.9 Å². The minimum absolute atomic E-state index is 0.0305. The molecule has 2 aliphatic heterocycles. The molecule has 0 aliphatic carbocycles. The fourth-order valence-corrected chi connectivity index (χ4v) is 3.44. The smallest absolute Gasteiger partial charge is 0.307 e. The number of fused-ring (bicyclic) bond motifs is 1. The molecule has 25 heavy (non-hydrogen) atoms. The van der Waals surface area contributed by atoms with E-state index in [0.717, 1.165) is 42.9 Å². The lowest BCUT2D eigenvalue weighted by atomic mass is 9.98. The number of esters is 1. The van der Waals surface area contributed by atoms with Crippen LogP contribution in [0.4, 0.5) is 0 Å². The highest BCUT2D eigenvalue weighted by molar-refractivity contribution is 5.78. The van der Waals surface area contributed by atoms with Crippen molar-refractivity contribution < 1.29 is 23.8 Å². The van der Waals surface area contributed by atoms with Crippen molar-refractivity contribution in [3.05, 3.63) is 23.8 Å². The fourth-order valence-electron chi connectivity index (χ4n) is 3.44. The third-order valence-electron chi connectivity index (χ3n) is 4.72. The molecule has 2 aliphatic rings. The molecule has 6 nitrogen and oxygen atoms in total. The van der Waals surface area contributed by atoms with Crippen LogP contribution in [0.25, 0.3) is 0 Å². The van der Waals surface area contributed by atoms with Crippen LogP contribution in [0.1, 0.15) is 44.6 Å². The number of carbonyl (C=O) groups is 2. The van der Waals surface area contributed by atoms with E-state index in [-0.39, 0.29) is 24.7 Å². The van der Waals surface area contributed by atoms with Gasteiger partial charge in [-0.1, -0.05) is 6.07 Å². The molecule has 2 heterocycles. The van der Waals surface area contributed by atoms with E-state index in [4.69, 9.17) is 14.2 Å². The lowest BCUT2D eigenvalue weighted by Gasteiger charge is -2.35. The second-order valence-corrected chi connectivity index (χ2v) is 6.43. The van der Waals surface area contributed by atoms with Crippen molar-refractivity contribution in [2.75, 3.05) is 19.9 Å². The van der Waals surface area contributed by atoms with E-state index >= 15 is 0 Å². The summed E-state index contributed by atoms with van der Waals surface area (Å²) >= 11 is 0. The largest absolute Gasteiger partial charge is 0.466 e. The lowest BCUT2D eigenvalue weighted by molar-refractivity contribution is -0.146. The van der Waals surface area contributed by atoms with Crippen LogP contribution in [0.5, 0.6) is 11.5 Å². The molecule has 1 saturated heterocycles. The summed E-state index contributed by atoms with van der Waals surface area (Å²) in [5, 5.41) is 0. The summed E-state index contributed by atoms with van der Waals surface area (Å²) in [4.78, 5) is 26.3. The minimum Gasteiger partial charge on any atom is -0.466 e. The summed E-state index contributed by atoms with van der Waals surface area (Å²) in [6, 6.07) is 5.75. The van der Waals surface area contributed by atoms with Gasteiger partial charge in [-0.3, -0.25) is 9.59 Å². The van der Waals surface area contributed by atoms with Crippen molar-refractivity contribution in [2.24, 2.45) is 0 Å². The Labute approximate surface area is 148 Å². The first-order chi connectivity index (χ1) is 12.2. The number of carbonyl (C=O) groups excluding carboxylic acids is 2. The van der Waals surface area contributed by atoms with E-state index in [9.17, 15) is 9.59 Å². The normalized spacial score (nSPS) is 18.9. The summed E-state index contributed by atoms with van der Waals surface area (Å²) in [5.74, 6) is 1.37. The highest BCUT2D eigenvalue weighted by Gasteiger charge is 2.28. The first kappa shape index (κ1) is 17.6. The molecule has 6 heteroatoms. The molecule has 0 spiro atoms. The van der Waals surface area contributed by atoms with Gasteiger partial charge in [0.2, 0.25) is 12.7 Å². The average Bonchev–Trinajstić information content (AvgIpc) is 3.08. The van der Waals surface area contributed by atoms with Crippen molar-refractivity contribution in [3.8, 4) is 11.5 Å². The summed E-state index contributed by atoms with van der Waals surface area (Å²) in [7, 11) is 0. The fraction of sp³-hybridized carbons (Fsp3) is 0.579. The van der Waals surface area contributed by atoms with Crippen LogP contribution in [-0.4, -0.2) is 42.8 Å². The molecule has 1 aromatic carbocycles. The van der Waals surface area contributed by atoms with E-state index < -0.39 is 0 Å². The molecule has 0 aromatic heterocycles. The molecule has 1 atom stereocenters. The van der Waals surface area contributed by atoms with Gasteiger partial charge in [-0.15, -0.1) is 0 Å². The number of nitrogens with zero attached hydrogens (tertiary/aromatic N) is 1. The van der Waals surface area contributed by atoms with E-state index in [0.29, 0.717) is 25.9 Å². The van der Waals surface area contributed by atoms with Crippen LogP contribution in [0.2, 0.25) is 0 Å². The Morgan fingerprint density at radius 1 is 1.24 bits per heavy atom. The summed E-state index contributed by atoms with van der Waals surface area (Å²) in [6.45, 7) is 3.15.